The molecule has 0 aliphatic rings. The summed E-state index contributed by atoms with van der Waals surface area (Å²) in [5.74, 6) is 0.798. The van der Waals surface area contributed by atoms with Crippen LogP contribution >= 0.6 is 0 Å². The number of nitrogens with zero attached hydrogens (tertiary/aromatic N) is 3. The van der Waals surface area contributed by atoms with E-state index in [4.69, 9.17) is 0 Å². The van der Waals surface area contributed by atoms with Crippen LogP contribution in [0.5, 0.6) is 0 Å². The van der Waals surface area contributed by atoms with Gasteiger partial charge in [-0.05, 0) is 26.1 Å². The average molecular weight is 273 g/mol. The van der Waals surface area contributed by atoms with Gasteiger partial charge in [-0.15, -0.1) is 10.2 Å². The number of carbonyl (C=O) groups excluding carboxylic acids is 1. The first kappa shape index (κ1) is 14.2. The number of aromatic nitrogens is 3. The zero-order valence-corrected chi connectivity index (χ0v) is 11.8. The lowest BCUT2D eigenvalue weighted by Gasteiger charge is -2.08. The maximum atomic E-state index is 11.7. The lowest BCUT2D eigenvalue weighted by Crippen LogP contribution is -2.18. The molecule has 0 aliphatic carbocycles. The third-order valence-electron chi connectivity index (χ3n) is 2.96. The number of aryl methyl sites for hydroxylation is 1. The van der Waals surface area contributed by atoms with E-state index in [1.807, 2.05) is 42.8 Å². The first-order valence-electron chi connectivity index (χ1n) is 6.67. The normalized spacial score (nSPS) is 10.5. The standard InChI is InChI=1S/C14H19N5O/c1-3-19-10-16-18-14(19)11-5-4-6-12(9-11)17-13(20)7-8-15-2/h4-6,9-10,15H,3,7-8H2,1-2H3,(H,17,20). The molecule has 6 heteroatoms. The molecule has 0 spiro atoms. The second-order valence-corrected chi connectivity index (χ2v) is 4.42. The fourth-order valence-corrected chi connectivity index (χ4v) is 1.91. The van der Waals surface area contributed by atoms with Crippen LogP contribution in [0.15, 0.2) is 30.6 Å². The summed E-state index contributed by atoms with van der Waals surface area (Å²) in [6.07, 6.45) is 2.15. The van der Waals surface area contributed by atoms with Crippen LogP contribution < -0.4 is 10.6 Å². The van der Waals surface area contributed by atoms with Crippen LogP contribution in [0.3, 0.4) is 0 Å². The molecule has 0 unspecified atom stereocenters. The Balaban J connectivity index is 2.14. The highest BCUT2D eigenvalue weighted by Gasteiger charge is 2.08. The molecule has 0 atom stereocenters. The number of hydrogen-bond acceptors (Lipinski definition) is 4. The summed E-state index contributed by atoms with van der Waals surface area (Å²) >= 11 is 0. The average Bonchev–Trinajstić information content (AvgIpc) is 2.94. The van der Waals surface area contributed by atoms with E-state index in [1.54, 1.807) is 6.33 Å². The summed E-state index contributed by atoms with van der Waals surface area (Å²) in [5.41, 5.74) is 1.71. The van der Waals surface area contributed by atoms with Crippen molar-refractivity contribution in [2.75, 3.05) is 18.9 Å². The third kappa shape index (κ3) is 3.42. The van der Waals surface area contributed by atoms with E-state index in [1.165, 1.54) is 0 Å². The Kier molecular flexibility index (Phi) is 4.84. The van der Waals surface area contributed by atoms with Crippen molar-refractivity contribution in [3.8, 4) is 11.4 Å². The monoisotopic (exact) mass is 273 g/mol. The van der Waals surface area contributed by atoms with E-state index in [2.05, 4.69) is 20.8 Å². The van der Waals surface area contributed by atoms with Gasteiger partial charge in [0.05, 0.1) is 0 Å². The highest BCUT2D eigenvalue weighted by molar-refractivity contribution is 5.91. The van der Waals surface area contributed by atoms with Gasteiger partial charge >= 0.3 is 0 Å². The second-order valence-electron chi connectivity index (χ2n) is 4.42. The molecule has 0 saturated carbocycles. The zero-order chi connectivity index (χ0) is 14.4. The molecule has 0 radical (unpaired) electrons. The fraction of sp³-hybridized carbons (Fsp3) is 0.357. The minimum Gasteiger partial charge on any atom is -0.326 e. The molecule has 2 N–H and O–H groups in total. The number of nitrogens with one attached hydrogen (secondary N) is 2. The van der Waals surface area contributed by atoms with E-state index in [0.717, 1.165) is 23.6 Å². The number of hydrogen-bond donors (Lipinski definition) is 2. The summed E-state index contributed by atoms with van der Waals surface area (Å²) in [6.45, 7) is 3.51. The van der Waals surface area contributed by atoms with Crippen molar-refractivity contribution in [2.24, 2.45) is 0 Å². The van der Waals surface area contributed by atoms with Crippen LogP contribution in [0.2, 0.25) is 0 Å². The van der Waals surface area contributed by atoms with Crippen molar-refractivity contribution in [1.82, 2.24) is 20.1 Å². The van der Waals surface area contributed by atoms with Crippen molar-refractivity contribution in [3.63, 3.8) is 0 Å². The van der Waals surface area contributed by atoms with Crippen molar-refractivity contribution in [1.29, 1.82) is 0 Å². The highest BCUT2D eigenvalue weighted by atomic mass is 16.1. The SMILES string of the molecule is CCn1cnnc1-c1cccc(NC(=O)CCNC)c1. The number of anilines is 1. The molecular weight excluding hydrogens is 254 g/mol. The van der Waals surface area contributed by atoms with E-state index in [-0.39, 0.29) is 5.91 Å². The fourth-order valence-electron chi connectivity index (χ4n) is 1.91. The van der Waals surface area contributed by atoms with E-state index < -0.39 is 0 Å². The predicted octanol–water partition coefficient (Wildman–Crippen LogP) is 1.51. The summed E-state index contributed by atoms with van der Waals surface area (Å²) in [4.78, 5) is 11.7. The summed E-state index contributed by atoms with van der Waals surface area (Å²) in [6, 6.07) is 7.64. The first-order valence-corrected chi connectivity index (χ1v) is 6.67. The Morgan fingerprint density at radius 3 is 3.00 bits per heavy atom. The number of benzene rings is 1. The van der Waals surface area contributed by atoms with Gasteiger partial charge in [0, 0.05) is 30.8 Å². The van der Waals surface area contributed by atoms with Gasteiger partial charge in [0.25, 0.3) is 0 Å². The van der Waals surface area contributed by atoms with Crippen molar-refractivity contribution < 1.29 is 4.79 Å². The van der Waals surface area contributed by atoms with Gasteiger partial charge in [0.2, 0.25) is 5.91 Å². The first-order chi connectivity index (χ1) is 9.74. The smallest absolute Gasteiger partial charge is 0.225 e. The lowest BCUT2D eigenvalue weighted by molar-refractivity contribution is -0.116. The molecule has 6 nitrogen and oxygen atoms in total. The molecule has 106 valence electrons. The second kappa shape index (κ2) is 6.81. The molecule has 0 saturated heterocycles. The third-order valence-corrected chi connectivity index (χ3v) is 2.96. The maximum absolute atomic E-state index is 11.7. The van der Waals surface area contributed by atoms with Gasteiger partial charge in [-0.25, -0.2) is 0 Å². The Morgan fingerprint density at radius 1 is 1.40 bits per heavy atom. The summed E-state index contributed by atoms with van der Waals surface area (Å²) < 4.78 is 1.96. The Morgan fingerprint density at radius 2 is 2.25 bits per heavy atom. The zero-order valence-electron chi connectivity index (χ0n) is 11.8. The molecule has 2 rings (SSSR count). The van der Waals surface area contributed by atoms with Gasteiger partial charge in [-0.3, -0.25) is 4.79 Å². The van der Waals surface area contributed by atoms with E-state index in [0.29, 0.717) is 13.0 Å². The van der Waals surface area contributed by atoms with E-state index >= 15 is 0 Å². The summed E-state index contributed by atoms with van der Waals surface area (Å²) in [7, 11) is 1.82. The minimum atomic E-state index is -0.00606. The number of carbonyl (C=O) groups is 1. The molecule has 0 bridgehead atoms. The molecule has 20 heavy (non-hydrogen) atoms. The molecule has 1 amide bonds. The Hall–Kier alpha value is -2.21. The van der Waals surface area contributed by atoms with Crippen LogP contribution in [-0.4, -0.2) is 34.3 Å². The van der Waals surface area contributed by atoms with Gasteiger partial charge in [-0.2, -0.15) is 0 Å². The number of rotatable bonds is 6. The Labute approximate surface area is 118 Å². The van der Waals surface area contributed by atoms with Crippen LogP contribution in [0.4, 0.5) is 5.69 Å². The number of amides is 1. The van der Waals surface area contributed by atoms with Gasteiger partial charge < -0.3 is 15.2 Å². The molecular formula is C14H19N5O. The van der Waals surface area contributed by atoms with Crippen LogP contribution in [0, 0.1) is 0 Å². The van der Waals surface area contributed by atoms with Crippen LogP contribution in [0.25, 0.3) is 11.4 Å². The van der Waals surface area contributed by atoms with Crippen LogP contribution in [0.1, 0.15) is 13.3 Å². The quantitative estimate of drug-likeness (QED) is 0.837. The summed E-state index contributed by atoms with van der Waals surface area (Å²) in [5, 5.41) is 13.9. The molecule has 2 aromatic rings. The maximum Gasteiger partial charge on any atom is 0.225 e. The lowest BCUT2D eigenvalue weighted by atomic mass is 10.2. The highest BCUT2D eigenvalue weighted by Crippen LogP contribution is 2.20. The predicted molar refractivity (Wildman–Crippen MR) is 78.3 cm³/mol. The van der Waals surface area contributed by atoms with Gasteiger partial charge in [0.15, 0.2) is 5.82 Å². The topological polar surface area (TPSA) is 71.8 Å². The largest absolute Gasteiger partial charge is 0.326 e. The van der Waals surface area contributed by atoms with Crippen LogP contribution in [-0.2, 0) is 11.3 Å². The van der Waals surface area contributed by atoms with Crippen molar-refractivity contribution >= 4 is 11.6 Å². The Bertz CT molecular complexity index is 578. The van der Waals surface area contributed by atoms with E-state index in [9.17, 15) is 4.79 Å². The van der Waals surface area contributed by atoms with Crippen molar-refractivity contribution in [3.05, 3.63) is 30.6 Å². The molecule has 1 heterocycles. The minimum absolute atomic E-state index is 0.00606. The molecule has 1 aromatic carbocycles. The van der Waals surface area contributed by atoms with Crippen molar-refractivity contribution in [2.45, 2.75) is 19.9 Å². The molecule has 0 fully saturated rings. The van der Waals surface area contributed by atoms with Gasteiger partial charge in [0.1, 0.15) is 6.33 Å². The van der Waals surface area contributed by atoms with Gasteiger partial charge in [-0.1, -0.05) is 12.1 Å². The molecule has 0 aliphatic heterocycles. The molecule has 1 aromatic heterocycles.